The smallest absolute Gasteiger partial charge is 0.321 e. The predicted molar refractivity (Wildman–Crippen MR) is 72.3 cm³/mol. The molecule has 1 heterocycles. The van der Waals surface area contributed by atoms with E-state index in [9.17, 15) is 18.4 Å². The summed E-state index contributed by atoms with van der Waals surface area (Å²) in [4.78, 5) is 24.3. The lowest BCUT2D eigenvalue weighted by atomic mass is 9.90. The van der Waals surface area contributed by atoms with Crippen LogP contribution in [0.25, 0.3) is 0 Å². The Bertz CT molecular complexity index is 611. The van der Waals surface area contributed by atoms with E-state index >= 15 is 0 Å². The molecule has 1 aromatic rings. The number of aliphatic carboxylic acids is 1. The lowest BCUT2D eigenvalue weighted by Crippen LogP contribution is -2.37. The summed E-state index contributed by atoms with van der Waals surface area (Å²) < 4.78 is 26.7. The Kier molecular flexibility index (Phi) is 4.04. The fourth-order valence-electron chi connectivity index (χ4n) is 2.15. The molecule has 2 amide bonds. The second-order valence-corrected chi connectivity index (χ2v) is 5.65. The van der Waals surface area contributed by atoms with Gasteiger partial charge in [0.2, 0.25) is 0 Å². The molecule has 1 atom stereocenters. The molecule has 1 fully saturated rings. The molecule has 0 bridgehead atoms. The van der Waals surface area contributed by atoms with Crippen LogP contribution in [0.2, 0.25) is 5.02 Å². The normalized spacial score (nSPS) is 21.4. The highest BCUT2D eigenvalue weighted by atomic mass is 35.5. The zero-order valence-electron chi connectivity index (χ0n) is 11.1. The maximum atomic E-state index is 13.5. The van der Waals surface area contributed by atoms with Crippen LogP contribution in [0.15, 0.2) is 12.1 Å². The molecular weight excluding hydrogens is 306 g/mol. The third-order valence-corrected chi connectivity index (χ3v) is 3.73. The van der Waals surface area contributed by atoms with Gasteiger partial charge in [-0.15, -0.1) is 0 Å². The van der Waals surface area contributed by atoms with Crippen LogP contribution in [-0.4, -0.2) is 35.1 Å². The van der Waals surface area contributed by atoms with E-state index < -0.39 is 29.0 Å². The van der Waals surface area contributed by atoms with Crippen molar-refractivity contribution in [2.45, 2.75) is 13.3 Å². The van der Waals surface area contributed by atoms with Gasteiger partial charge in [0.25, 0.3) is 0 Å². The SMILES string of the molecule is CC1(C(=O)O)CCN(C(=O)Nc2cc(Cl)cc(F)c2F)C1. The first-order valence-electron chi connectivity index (χ1n) is 6.17. The summed E-state index contributed by atoms with van der Waals surface area (Å²) in [6.07, 6.45) is 0.294. The highest BCUT2D eigenvalue weighted by Crippen LogP contribution is 2.31. The molecule has 1 aliphatic heterocycles. The first-order valence-corrected chi connectivity index (χ1v) is 6.54. The first-order chi connectivity index (χ1) is 9.73. The Balaban J connectivity index is 2.12. The number of rotatable bonds is 2. The Morgan fingerprint density at radius 1 is 1.43 bits per heavy atom. The molecule has 8 heteroatoms. The van der Waals surface area contributed by atoms with Crippen molar-refractivity contribution >= 4 is 29.3 Å². The van der Waals surface area contributed by atoms with Crippen LogP contribution in [0, 0.1) is 17.0 Å². The maximum Gasteiger partial charge on any atom is 0.321 e. The molecule has 0 spiro atoms. The number of likely N-dealkylation sites (tertiary alicyclic amines) is 1. The Labute approximate surface area is 124 Å². The van der Waals surface area contributed by atoms with Gasteiger partial charge in [0, 0.05) is 18.1 Å². The Morgan fingerprint density at radius 3 is 2.67 bits per heavy atom. The van der Waals surface area contributed by atoms with Gasteiger partial charge in [-0.1, -0.05) is 11.6 Å². The van der Waals surface area contributed by atoms with Crippen molar-refractivity contribution in [2.24, 2.45) is 5.41 Å². The first kappa shape index (κ1) is 15.5. The van der Waals surface area contributed by atoms with Gasteiger partial charge < -0.3 is 15.3 Å². The summed E-state index contributed by atoms with van der Waals surface area (Å²) in [7, 11) is 0. The third kappa shape index (κ3) is 3.07. The number of urea groups is 1. The van der Waals surface area contributed by atoms with Crippen molar-refractivity contribution in [3.8, 4) is 0 Å². The monoisotopic (exact) mass is 318 g/mol. The summed E-state index contributed by atoms with van der Waals surface area (Å²) in [6.45, 7) is 1.75. The van der Waals surface area contributed by atoms with E-state index in [0.29, 0.717) is 6.42 Å². The number of carbonyl (C=O) groups is 2. The topological polar surface area (TPSA) is 69.6 Å². The number of nitrogens with one attached hydrogen (secondary N) is 1. The number of carboxylic acids is 1. The van der Waals surface area contributed by atoms with Crippen LogP contribution in [-0.2, 0) is 4.79 Å². The summed E-state index contributed by atoms with van der Waals surface area (Å²) in [5, 5.41) is 11.2. The van der Waals surface area contributed by atoms with Gasteiger partial charge >= 0.3 is 12.0 Å². The minimum atomic E-state index is -1.21. The molecule has 0 aromatic heterocycles. The number of anilines is 1. The van der Waals surface area contributed by atoms with Crippen molar-refractivity contribution in [1.29, 1.82) is 0 Å². The number of benzene rings is 1. The van der Waals surface area contributed by atoms with Gasteiger partial charge in [0.15, 0.2) is 11.6 Å². The van der Waals surface area contributed by atoms with Gasteiger partial charge in [-0.05, 0) is 25.5 Å². The standard InChI is InChI=1S/C13H13ClF2N2O3/c1-13(11(19)20)2-3-18(6-13)12(21)17-9-5-7(14)4-8(15)10(9)16/h4-5H,2-3,6H2,1H3,(H,17,21)(H,19,20). The molecule has 2 N–H and O–H groups in total. The number of carbonyl (C=O) groups excluding carboxylic acids is 1. The molecule has 2 rings (SSSR count). The average molecular weight is 319 g/mol. The van der Waals surface area contributed by atoms with Crippen LogP contribution in [0.5, 0.6) is 0 Å². The van der Waals surface area contributed by atoms with Gasteiger partial charge in [0.05, 0.1) is 11.1 Å². The van der Waals surface area contributed by atoms with Gasteiger partial charge in [-0.25, -0.2) is 13.6 Å². The lowest BCUT2D eigenvalue weighted by Gasteiger charge is -2.20. The summed E-state index contributed by atoms with van der Waals surface area (Å²) in [5.74, 6) is -3.39. The largest absolute Gasteiger partial charge is 0.481 e. The van der Waals surface area contributed by atoms with Crippen LogP contribution in [0.1, 0.15) is 13.3 Å². The number of hydrogen-bond donors (Lipinski definition) is 2. The summed E-state index contributed by atoms with van der Waals surface area (Å²) in [5.41, 5.74) is -1.41. The molecule has 1 saturated heterocycles. The van der Waals surface area contributed by atoms with E-state index in [2.05, 4.69) is 5.32 Å². The highest BCUT2D eigenvalue weighted by Gasteiger charge is 2.42. The van der Waals surface area contributed by atoms with Crippen molar-refractivity contribution in [3.05, 3.63) is 28.8 Å². The quantitative estimate of drug-likeness (QED) is 0.824. The Morgan fingerprint density at radius 2 is 2.10 bits per heavy atom. The van der Waals surface area contributed by atoms with Gasteiger partial charge in [-0.3, -0.25) is 4.79 Å². The van der Waals surface area contributed by atoms with E-state index in [0.717, 1.165) is 12.1 Å². The highest BCUT2D eigenvalue weighted by molar-refractivity contribution is 6.30. The van der Waals surface area contributed by atoms with E-state index in [-0.39, 0.29) is 23.8 Å². The number of amides is 2. The fraction of sp³-hybridized carbons (Fsp3) is 0.385. The fourth-order valence-corrected chi connectivity index (χ4v) is 2.36. The van der Waals surface area contributed by atoms with Crippen LogP contribution in [0.4, 0.5) is 19.3 Å². The molecule has 1 unspecified atom stereocenters. The minimum Gasteiger partial charge on any atom is -0.481 e. The van der Waals surface area contributed by atoms with Crippen LogP contribution in [0.3, 0.4) is 0 Å². The minimum absolute atomic E-state index is 0.00116. The second-order valence-electron chi connectivity index (χ2n) is 5.22. The van der Waals surface area contributed by atoms with Crippen molar-refractivity contribution in [1.82, 2.24) is 4.90 Å². The molecule has 1 aromatic carbocycles. The number of halogens is 3. The number of hydrogen-bond acceptors (Lipinski definition) is 2. The van der Waals surface area contributed by atoms with E-state index in [1.165, 1.54) is 11.8 Å². The van der Waals surface area contributed by atoms with E-state index in [4.69, 9.17) is 16.7 Å². The maximum absolute atomic E-state index is 13.5. The van der Waals surface area contributed by atoms with E-state index in [1.807, 2.05) is 0 Å². The average Bonchev–Trinajstić information content (AvgIpc) is 2.79. The number of carboxylic acid groups (broad SMARTS) is 1. The second kappa shape index (κ2) is 5.48. The van der Waals surface area contributed by atoms with Crippen molar-refractivity contribution in [3.63, 3.8) is 0 Å². The lowest BCUT2D eigenvalue weighted by molar-refractivity contribution is -0.146. The summed E-state index contributed by atoms with van der Waals surface area (Å²) in [6, 6.07) is 1.19. The molecule has 0 aliphatic carbocycles. The van der Waals surface area contributed by atoms with Crippen molar-refractivity contribution in [2.75, 3.05) is 18.4 Å². The van der Waals surface area contributed by atoms with Gasteiger partial charge in [-0.2, -0.15) is 0 Å². The molecule has 21 heavy (non-hydrogen) atoms. The number of nitrogens with zero attached hydrogens (tertiary/aromatic N) is 1. The zero-order valence-corrected chi connectivity index (χ0v) is 11.9. The summed E-state index contributed by atoms with van der Waals surface area (Å²) >= 11 is 5.60. The Hall–Kier alpha value is -1.89. The third-order valence-electron chi connectivity index (χ3n) is 3.51. The molecule has 114 valence electrons. The molecule has 5 nitrogen and oxygen atoms in total. The zero-order chi connectivity index (χ0) is 15.8. The molecule has 0 saturated carbocycles. The van der Waals surface area contributed by atoms with Crippen molar-refractivity contribution < 1.29 is 23.5 Å². The molecular formula is C13H13ClF2N2O3. The van der Waals surface area contributed by atoms with Crippen LogP contribution < -0.4 is 5.32 Å². The van der Waals surface area contributed by atoms with E-state index in [1.54, 1.807) is 0 Å². The molecule has 0 radical (unpaired) electrons. The molecule has 1 aliphatic rings. The predicted octanol–water partition coefficient (Wildman–Crippen LogP) is 2.95. The van der Waals surface area contributed by atoms with Gasteiger partial charge in [0.1, 0.15) is 0 Å². The van der Waals surface area contributed by atoms with Crippen LogP contribution >= 0.6 is 11.6 Å².